The second-order valence-corrected chi connectivity index (χ2v) is 7.11. The molecule has 4 N–H and O–H groups in total. The number of anilines is 1. The van der Waals surface area contributed by atoms with Gasteiger partial charge in [-0.25, -0.2) is 4.79 Å². The van der Waals surface area contributed by atoms with Gasteiger partial charge < -0.3 is 25.6 Å². The molecule has 0 bridgehead atoms. The Bertz CT molecular complexity index is 1000. The van der Waals surface area contributed by atoms with Gasteiger partial charge in [-0.15, -0.1) is 12.4 Å². The summed E-state index contributed by atoms with van der Waals surface area (Å²) in [4.78, 5) is 10.7. The predicted octanol–water partition coefficient (Wildman–Crippen LogP) is 5.22. The summed E-state index contributed by atoms with van der Waals surface area (Å²) in [6.07, 6.45) is -1.96. The lowest BCUT2D eigenvalue weighted by molar-refractivity contribution is 0.144. The van der Waals surface area contributed by atoms with Gasteiger partial charge in [0.05, 0.1) is 6.10 Å². The Morgan fingerprint density at radius 1 is 0.968 bits per heavy atom. The number of hydrogen-bond acceptors (Lipinski definition) is 5. The topological polar surface area (TPSA) is 90.8 Å². The lowest BCUT2D eigenvalue weighted by atomic mass is 10.0. The van der Waals surface area contributed by atoms with E-state index in [0.717, 1.165) is 22.4 Å². The van der Waals surface area contributed by atoms with Crippen molar-refractivity contribution in [2.24, 2.45) is 0 Å². The molecule has 0 aromatic heterocycles. The number of aliphatic hydroxyl groups is 1. The van der Waals surface area contributed by atoms with Crippen LogP contribution < -0.4 is 15.4 Å². The van der Waals surface area contributed by atoms with E-state index in [0.29, 0.717) is 24.7 Å². The molecular formula is C23H24Cl2N2O4. The van der Waals surface area contributed by atoms with E-state index in [1.165, 1.54) is 0 Å². The van der Waals surface area contributed by atoms with Crippen molar-refractivity contribution in [1.29, 1.82) is 0 Å². The summed E-state index contributed by atoms with van der Waals surface area (Å²) in [5.74, 6) is 0.279. The number of carboxylic acid groups (broad SMARTS) is 1. The Morgan fingerprint density at radius 3 is 2.42 bits per heavy atom. The van der Waals surface area contributed by atoms with Crippen molar-refractivity contribution in [3.8, 4) is 16.9 Å². The second kappa shape index (κ2) is 12.2. The molecule has 0 unspecified atom stereocenters. The molecule has 31 heavy (non-hydrogen) atoms. The highest BCUT2D eigenvalue weighted by molar-refractivity contribution is 6.30. The van der Waals surface area contributed by atoms with Crippen LogP contribution in [0.3, 0.4) is 0 Å². The van der Waals surface area contributed by atoms with Crippen LogP contribution in [0.25, 0.3) is 11.1 Å². The number of hydrogen-bond donors (Lipinski definition) is 4. The number of ether oxygens (including phenoxy) is 1. The SMILES string of the molecule is Cl.O=C(O)Oc1cccc(-c2cccc(NCCNC[C@H](O)c3cccc(Cl)c3)c2)c1. The van der Waals surface area contributed by atoms with Crippen molar-refractivity contribution < 1.29 is 19.7 Å². The number of nitrogens with one attached hydrogen (secondary N) is 2. The molecule has 0 saturated carbocycles. The van der Waals surface area contributed by atoms with Crippen LogP contribution in [0.4, 0.5) is 10.5 Å². The third kappa shape index (κ3) is 7.77. The van der Waals surface area contributed by atoms with Gasteiger partial charge in [-0.2, -0.15) is 0 Å². The van der Waals surface area contributed by atoms with Crippen molar-refractivity contribution in [3.63, 3.8) is 0 Å². The zero-order chi connectivity index (χ0) is 21.3. The van der Waals surface area contributed by atoms with E-state index in [-0.39, 0.29) is 18.2 Å². The first-order valence-electron chi connectivity index (χ1n) is 9.50. The minimum Gasteiger partial charge on any atom is -0.449 e. The van der Waals surface area contributed by atoms with Gasteiger partial charge in [-0.3, -0.25) is 0 Å². The first kappa shape index (κ1) is 24.5. The van der Waals surface area contributed by atoms with Crippen LogP contribution in [0.2, 0.25) is 5.02 Å². The quantitative estimate of drug-likeness (QED) is 0.198. The largest absolute Gasteiger partial charge is 0.511 e. The Balaban J connectivity index is 0.00000341. The molecule has 0 spiro atoms. The van der Waals surface area contributed by atoms with E-state index >= 15 is 0 Å². The van der Waals surface area contributed by atoms with E-state index in [1.807, 2.05) is 42.5 Å². The van der Waals surface area contributed by atoms with Crippen LogP contribution in [0, 0.1) is 0 Å². The molecule has 6 nitrogen and oxygen atoms in total. The number of halogens is 2. The Hall–Kier alpha value is -2.77. The van der Waals surface area contributed by atoms with Crippen LogP contribution in [0.15, 0.2) is 72.8 Å². The molecule has 0 amide bonds. The fraction of sp³-hybridized carbons (Fsp3) is 0.174. The molecule has 3 aromatic carbocycles. The Morgan fingerprint density at radius 2 is 1.68 bits per heavy atom. The minimum atomic E-state index is -1.34. The Kier molecular flexibility index (Phi) is 9.62. The molecule has 1 atom stereocenters. The molecular weight excluding hydrogens is 439 g/mol. The van der Waals surface area contributed by atoms with Crippen molar-refractivity contribution in [1.82, 2.24) is 5.32 Å². The number of rotatable bonds is 9. The van der Waals surface area contributed by atoms with Crippen LogP contribution >= 0.6 is 24.0 Å². The highest BCUT2D eigenvalue weighted by Crippen LogP contribution is 2.26. The van der Waals surface area contributed by atoms with E-state index in [9.17, 15) is 9.90 Å². The Labute approximate surface area is 192 Å². The molecule has 164 valence electrons. The number of aliphatic hydroxyl groups excluding tert-OH is 1. The van der Waals surface area contributed by atoms with Crippen molar-refractivity contribution in [3.05, 3.63) is 83.4 Å². The molecule has 3 aromatic rings. The normalized spacial score (nSPS) is 11.3. The first-order chi connectivity index (χ1) is 14.5. The van der Waals surface area contributed by atoms with Crippen LogP contribution in [0.5, 0.6) is 5.75 Å². The van der Waals surface area contributed by atoms with Crippen LogP contribution in [0.1, 0.15) is 11.7 Å². The summed E-state index contributed by atoms with van der Waals surface area (Å²) in [6.45, 7) is 1.77. The maximum atomic E-state index is 10.7. The molecule has 8 heteroatoms. The molecule has 0 fully saturated rings. The zero-order valence-corrected chi connectivity index (χ0v) is 18.2. The third-order valence-corrected chi connectivity index (χ3v) is 4.67. The van der Waals surface area contributed by atoms with Gasteiger partial charge in [0.2, 0.25) is 0 Å². The van der Waals surface area contributed by atoms with Gasteiger partial charge in [0, 0.05) is 30.3 Å². The van der Waals surface area contributed by atoms with E-state index in [2.05, 4.69) is 10.6 Å². The third-order valence-electron chi connectivity index (χ3n) is 4.44. The molecule has 0 heterocycles. The molecule has 0 saturated heterocycles. The molecule has 0 aliphatic rings. The van der Waals surface area contributed by atoms with Gasteiger partial charge in [0.15, 0.2) is 0 Å². The van der Waals surface area contributed by atoms with Gasteiger partial charge in [-0.1, -0.05) is 48.0 Å². The summed E-state index contributed by atoms with van der Waals surface area (Å²) >= 11 is 5.95. The van der Waals surface area contributed by atoms with Crippen molar-refractivity contribution in [2.75, 3.05) is 25.0 Å². The van der Waals surface area contributed by atoms with E-state index < -0.39 is 12.3 Å². The maximum absolute atomic E-state index is 10.7. The zero-order valence-electron chi connectivity index (χ0n) is 16.6. The summed E-state index contributed by atoms with van der Waals surface area (Å²) < 4.78 is 4.72. The van der Waals surface area contributed by atoms with Gasteiger partial charge in [0.1, 0.15) is 5.75 Å². The molecule has 3 rings (SSSR count). The lowest BCUT2D eigenvalue weighted by Gasteiger charge is -2.13. The number of carbonyl (C=O) groups is 1. The average Bonchev–Trinajstić information content (AvgIpc) is 2.73. The molecule has 0 radical (unpaired) electrons. The van der Waals surface area contributed by atoms with Crippen LogP contribution in [-0.4, -0.2) is 36.0 Å². The highest BCUT2D eigenvalue weighted by Gasteiger charge is 2.07. The van der Waals surface area contributed by atoms with Crippen molar-refractivity contribution >= 4 is 35.9 Å². The monoisotopic (exact) mass is 462 g/mol. The first-order valence-corrected chi connectivity index (χ1v) is 9.88. The molecule has 0 aliphatic carbocycles. The lowest BCUT2D eigenvalue weighted by Crippen LogP contribution is -2.26. The number of benzene rings is 3. The standard InChI is InChI=1S/C23H23ClN2O4.ClH/c24-19-7-1-6-18(12-19)22(27)15-25-10-11-26-20-8-2-4-16(13-20)17-5-3-9-21(14-17)30-23(28)29;/h1-9,12-14,22,25-27H,10-11,15H2,(H,28,29);1H/t22-;/m0./s1. The van der Waals surface area contributed by atoms with E-state index in [4.69, 9.17) is 21.4 Å². The van der Waals surface area contributed by atoms with Crippen LogP contribution in [-0.2, 0) is 0 Å². The molecule has 0 aliphatic heterocycles. The van der Waals surface area contributed by atoms with E-state index in [1.54, 1.807) is 30.3 Å². The second-order valence-electron chi connectivity index (χ2n) is 6.68. The van der Waals surface area contributed by atoms with Gasteiger partial charge in [-0.05, 0) is 53.1 Å². The fourth-order valence-corrected chi connectivity index (χ4v) is 3.21. The van der Waals surface area contributed by atoms with Crippen molar-refractivity contribution in [2.45, 2.75) is 6.10 Å². The predicted molar refractivity (Wildman–Crippen MR) is 126 cm³/mol. The fourth-order valence-electron chi connectivity index (χ4n) is 3.01. The summed E-state index contributed by atoms with van der Waals surface area (Å²) in [5, 5.41) is 26.1. The van der Waals surface area contributed by atoms with Gasteiger partial charge >= 0.3 is 6.16 Å². The summed E-state index contributed by atoms with van der Waals surface area (Å²) in [5.41, 5.74) is 3.53. The minimum absolute atomic E-state index is 0. The smallest absolute Gasteiger partial charge is 0.449 e. The maximum Gasteiger partial charge on any atom is 0.511 e. The van der Waals surface area contributed by atoms with Gasteiger partial charge in [0.25, 0.3) is 0 Å². The highest BCUT2D eigenvalue weighted by atomic mass is 35.5. The summed E-state index contributed by atoms with van der Waals surface area (Å²) in [6, 6.07) is 22.0. The average molecular weight is 463 g/mol. The summed E-state index contributed by atoms with van der Waals surface area (Å²) in [7, 11) is 0.